The third-order valence-corrected chi connectivity index (χ3v) is 8.69. The quantitative estimate of drug-likeness (QED) is 0.301. The van der Waals surface area contributed by atoms with Crippen molar-refractivity contribution >= 4 is 39.7 Å². The van der Waals surface area contributed by atoms with Gasteiger partial charge in [-0.25, -0.2) is 9.78 Å². The Bertz CT molecular complexity index is 1650. The van der Waals surface area contributed by atoms with E-state index in [0.717, 1.165) is 73.3 Å². The number of carboxylic acid groups (broad SMARTS) is 1. The minimum Gasteiger partial charge on any atom is -0.477 e. The van der Waals surface area contributed by atoms with Gasteiger partial charge < -0.3 is 19.6 Å². The molecular weight excluding hydrogens is 516 g/mol. The molecule has 1 aliphatic heterocycles. The highest BCUT2D eigenvalue weighted by Crippen LogP contribution is 2.55. The van der Waals surface area contributed by atoms with Crippen LogP contribution in [0.1, 0.15) is 65.4 Å². The van der Waals surface area contributed by atoms with Crippen LogP contribution in [0.5, 0.6) is 0 Å². The van der Waals surface area contributed by atoms with Crippen molar-refractivity contribution in [2.75, 3.05) is 18.0 Å². The molecular formula is C30H27ClN4O4. The van der Waals surface area contributed by atoms with Crippen molar-refractivity contribution in [2.24, 2.45) is 5.41 Å². The van der Waals surface area contributed by atoms with Crippen LogP contribution in [0.15, 0.2) is 53.2 Å². The molecule has 2 N–H and O–H groups in total. The van der Waals surface area contributed by atoms with Gasteiger partial charge in [0.2, 0.25) is 0 Å². The molecule has 2 aliphatic carbocycles. The average molecular weight is 543 g/mol. The third-order valence-electron chi connectivity index (χ3n) is 8.39. The van der Waals surface area contributed by atoms with E-state index in [-0.39, 0.29) is 17.7 Å². The lowest BCUT2D eigenvalue weighted by molar-refractivity contribution is 0.0690. The Morgan fingerprint density at radius 2 is 1.95 bits per heavy atom. The number of halogens is 1. The van der Waals surface area contributed by atoms with Gasteiger partial charge >= 0.3 is 5.97 Å². The smallest absolute Gasteiger partial charge is 0.354 e. The van der Waals surface area contributed by atoms with Crippen molar-refractivity contribution in [1.29, 1.82) is 0 Å². The number of pyridine rings is 2. The number of carbonyl (C=O) groups is 1. The molecule has 2 fully saturated rings. The lowest BCUT2D eigenvalue weighted by atomic mass is 9.63. The first-order valence-electron chi connectivity index (χ1n) is 13.3. The van der Waals surface area contributed by atoms with Crippen LogP contribution in [-0.2, 0) is 6.61 Å². The Balaban J connectivity index is 1.13. The molecule has 3 aliphatic rings. The van der Waals surface area contributed by atoms with Crippen LogP contribution >= 0.6 is 11.6 Å². The number of carboxylic acids is 1. The van der Waals surface area contributed by atoms with Gasteiger partial charge in [-0.05, 0) is 85.1 Å². The average Bonchev–Trinajstić information content (AvgIpc) is 3.69. The number of hydrogen-bond acceptors (Lipinski definition) is 7. The Kier molecular flexibility index (Phi) is 5.72. The lowest BCUT2D eigenvalue weighted by Crippen LogP contribution is -2.42. The van der Waals surface area contributed by atoms with Gasteiger partial charge in [-0.2, -0.15) is 0 Å². The van der Waals surface area contributed by atoms with Crippen LogP contribution in [-0.4, -0.2) is 44.4 Å². The number of aliphatic hydroxyl groups is 1. The Labute approximate surface area is 229 Å². The van der Waals surface area contributed by atoms with Crippen molar-refractivity contribution in [3.8, 4) is 11.4 Å². The number of anilines is 1. The summed E-state index contributed by atoms with van der Waals surface area (Å²) < 4.78 is 5.86. The van der Waals surface area contributed by atoms with Gasteiger partial charge in [-0.1, -0.05) is 22.8 Å². The molecule has 0 atom stereocenters. The molecule has 0 radical (unpaired) electrons. The van der Waals surface area contributed by atoms with Crippen LogP contribution in [0.2, 0.25) is 5.02 Å². The first kappa shape index (κ1) is 24.3. The number of aliphatic hydroxyl groups excluding tert-OH is 1. The largest absolute Gasteiger partial charge is 0.477 e. The summed E-state index contributed by atoms with van der Waals surface area (Å²) in [5.74, 6) is 0.303. The summed E-state index contributed by atoms with van der Waals surface area (Å²) in [6.45, 7) is 1.57. The second-order valence-corrected chi connectivity index (χ2v) is 11.3. The predicted octanol–water partition coefficient (Wildman–Crippen LogP) is 6.08. The summed E-state index contributed by atoms with van der Waals surface area (Å²) in [6, 6.07) is 11.0. The number of benzene rings is 1. The van der Waals surface area contributed by atoms with Crippen LogP contribution < -0.4 is 4.90 Å². The molecule has 1 saturated carbocycles. The van der Waals surface area contributed by atoms with Gasteiger partial charge in [0, 0.05) is 36.3 Å². The number of rotatable bonds is 6. The van der Waals surface area contributed by atoms with Crippen molar-refractivity contribution < 1.29 is 19.5 Å². The maximum atomic E-state index is 11.4. The van der Waals surface area contributed by atoms with Crippen molar-refractivity contribution in [3.63, 3.8) is 0 Å². The van der Waals surface area contributed by atoms with Gasteiger partial charge in [-0.3, -0.25) is 4.98 Å². The topological polar surface area (TPSA) is 113 Å². The molecule has 0 amide bonds. The molecule has 0 bridgehead atoms. The normalized spacial score (nSPS) is 18.3. The SMILES string of the molecule is O=C(O)c1cc(CO)c2cc(N3CCC4(C=C(c5c(-c6ncccc6Cl)noc5C5CC5)C4)CC3)ccc2n1. The minimum absolute atomic E-state index is 0.0575. The monoisotopic (exact) mass is 542 g/mol. The Morgan fingerprint density at radius 3 is 2.64 bits per heavy atom. The summed E-state index contributed by atoms with van der Waals surface area (Å²) in [4.78, 5) is 22.5. The number of fused-ring (bicyclic) bond motifs is 1. The van der Waals surface area contributed by atoms with Crippen LogP contribution in [0, 0.1) is 5.41 Å². The maximum Gasteiger partial charge on any atom is 0.354 e. The molecule has 8 nitrogen and oxygen atoms in total. The van der Waals surface area contributed by atoms with E-state index in [2.05, 4.69) is 26.1 Å². The van der Waals surface area contributed by atoms with Crippen molar-refractivity contribution in [2.45, 2.75) is 44.6 Å². The molecule has 1 saturated heterocycles. The molecule has 9 heteroatoms. The molecule has 7 rings (SSSR count). The Morgan fingerprint density at radius 1 is 1.15 bits per heavy atom. The van der Waals surface area contributed by atoms with E-state index >= 15 is 0 Å². The second-order valence-electron chi connectivity index (χ2n) is 10.9. The summed E-state index contributed by atoms with van der Waals surface area (Å²) in [7, 11) is 0. The summed E-state index contributed by atoms with van der Waals surface area (Å²) in [6.07, 6.45) is 9.45. The van der Waals surface area contributed by atoms with Crippen LogP contribution in [0.4, 0.5) is 5.69 Å². The number of aromatic carboxylic acids is 1. The standard InChI is InChI=1S/C30H27ClN4O4/c31-22-2-1-9-32-26(22)27-25(28(39-34-27)17-3-4-17)19-14-30(15-19)7-10-35(11-8-30)20-5-6-23-21(13-20)18(16-36)12-24(33-23)29(37)38/h1-2,5-6,9,12-14,17,36H,3-4,7-8,10-11,15-16H2,(H,37,38). The van der Waals surface area contributed by atoms with E-state index in [4.69, 9.17) is 16.1 Å². The van der Waals surface area contributed by atoms with Gasteiger partial charge in [0.15, 0.2) is 0 Å². The third kappa shape index (κ3) is 4.19. The van der Waals surface area contributed by atoms with Gasteiger partial charge in [0.05, 0.1) is 22.7 Å². The highest BCUT2D eigenvalue weighted by atomic mass is 35.5. The van der Waals surface area contributed by atoms with E-state index < -0.39 is 5.97 Å². The lowest BCUT2D eigenvalue weighted by Gasteiger charge is -2.47. The number of hydrogen-bond donors (Lipinski definition) is 2. The fourth-order valence-electron chi connectivity index (χ4n) is 6.09. The molecule has 1 aromatic carbocycles. The van der Waals surface area contributed by atoms with Crippen molar-refractivity contribution in [3.05, 3.63) is 76.3 Å². The zero-order valence-corrected chi connectivity index (χ0v) is 22.0. The molecule has 4 heterocycles. The zero-order chi connectivity index (χ0) is 26.7. The first-order valence-corrected chi connectivity index (χ1v) is 13.7. The zero-order valence-electron chi connectivity index (χ0n) is 21.2. The number of nitrogens with zero attached hydrogens (tertiary/aromatic N) is 4. The van der Waals surface area contributed by atoms with Gasteiger partial charge in [0.1, 0.15) is 22.8 Å². The fraction of sp³-hybridized carbons (Fsp3) is 0.333. The summed E-state index contributed by atoms with van der Waals surface area (Å²) in [5, 5.41) is 25.0. The summed E-state index contributed by atoms with van der Waals surface area (Å²) >= 11 is 6.48. The number of piperidine rings is 1. The highest BCUT2D eigenvalue weighted by Gasteiger charge is 2.44. The second kappa shape index (κ2) is 9.17. The maximum absolute atomic E-state index is 11.4. The molecule has 198 valence electrons. The van der Waals surface area contributed by atoms with E-state index in [9.17, 15) is 15.0 Å². The minimum atomic E-state index is -1.10. The van der Waals surface area contributed by atoms with E-state index in [1.54, 1.807) is 6.20 Å². The molecule has 3 aromatic heterocycles. The molecule has 0 unspecified atom stereocenters. The highest BCUT2D eigenvalue weighted by molar-refractivity contribution is 6.33. The number of aromatic nitrogens is 3. The van der Waals surface area contributed by atoms with E-state index in [1.165, 1.54) is 11.6 Å². The molecule has 39 heavy (non-hydrogen) atoms. The van der Waals surface area contributed by atoms with E-state index in [0.29, 0.717) is 27.7 Å². The van der Waals surface area contributed by atoms with Crippen LogP contribution in [0.3, 0.4) is 0 Å². The predicted molar refractivity (Wildman–Crippen MR) is 148 cm³/mol. The first-order chi connectivity index (χ1) is 18.9. The molecule has 4 aromatic rings. The number of allylic oxidation sites excluding steroid dienone is 2. The summed E-state index contributed by atoms with van der Waals surface area (Å²) in [5.41, 5.74) is 6.09. The molecule has 1 spiro atoms. The Hall–Kier alpha value is -3.75. The fourth-order valence-corrected chi connectivity index (χ4v) is 6.30. The van der Waals surface area contributed by atoms with Gasteiger partial charge in [0.25, 0.3) is 0 Å². The van der Waals surface area contributed by atoms with Crippen molar-refractivity contribution in [1.82, 2.24) is 15.1 Å². The van der Waals surface area contributed by atoms with E-state index in [1.807, 2.05) is 30.3 Å². The van der Waals surface area contributed by atoms with Crippen LogP contribution in [0.25, 0.3) is 27.9 Å². The van der Waals surface area contributed by atoms with Gasteiger partial charge in [-0.15, -0.1) is 0 Å².